The molecule has 12 aromatic heterocycles. The predicted molar refractivity (Wildman–Crippen MR) is 457 cm³/mol. The minimum absolute atomic E-state index is 0.0377. The lowest BCUT2D eigenvalue weighted by Gasteiger charge is -2.17. The number of hydrogen-bond acceptors (Lipinski definition) is 24. The van der Waals surface area contributed by atoms with Crippen molar-refractivity contribution in [2.75, 3.05) is 108 Å². The molecule has 0 bridgehead atoms. The van der Waals surface area contributed by atoms with Crippen LogP contribution in [0.25, 0.3) is 76.8 Å². The molecule has 0 radical (unpaired) electrons. The zero-order chi connectivity index (χ0) is 83.2. The summed E-state index contributed by atoms with van der Waals surface area (Å²) in [6.45, 7) is 4.35. The molecule has 16 heterocycles. The number of imidazole rings is 2. The molecule has 6 saturated carbocycles. The van der Waals surface area contributed by atoms with Gasteiger partial charge in [-0.2, -0.15) is 0 Å². The molecule has 6 fully saturated rings. The zero-order valence-electron chi connectivity index (χ0n) is 66.9. The van der Waals surface area contributed by atoms with Crippen LogP contribution in [0.4, 0.5) is 73.4 Å². The molecule has 4 aliphatic heterocycles. The van der Waals surface area contributed by atoms with Crippen molar-refractivity contribution in [3.05, 3.63) is 145 Å². The van der Waals surface area contributed by atoms with E-state index in [1.54, 1.807) is 52.3 Å². The zero-order valence-corrected chi connectivity index (χ0v) is 68.5. The maximum absolute atomic E-state index is 12.5. The first-order chi connectivity index (χ1) is 59.5. The summed E-state index contributed by atoms with van der Waals surface area (Å²) < 4.78 is 25.6. The van der Waals surface area contributed by atoms with Crippen molar-refractivity contribution in [3.8, 4) is 44.8 Å². The van der Waals surface area contributed by atoms with Gasteiger partial charge in [0.2, 0.25) is 11.8 Å². The number of rotatable bonds is 18. The SMILES string of the molecule is CNC(=O)Nc1cn2cc(-c3cnc4c(c3)N(C(=O)OCC3CC3)CC4)ccc2n1.CNC(=O)Nc1nc2ccc(-c3cnc4c(c3)N(C(=O)OCC3CC3)CC4)nc2s1.O=C(Nc1cn2cc(-c3cnc4c(c3)N(C(=O)OCC3CC3)CC4)ccc2n1)C1CC1.O=C(Nc1nc2ccc(-c3cnc4c(c3)N(C(=O)OCC3CC3)CC4)nc2s1)C1CC1. The molecule has 22 rings (SSSR count). The van der Waals surface area contributed by atoms with Crippen molar-refractivity contribution >= 4 is 148 Å². The van der Waals surface area contributed by atoms with Gasteiger partial charge in [0.05, 0.1) is 95.7 Å². The number of urea groups is 2. The summed E-state index contributed by atoms with van der Waals surface area (Å²) in [5.74, 6) is 3.50. The first-order valence-electron chi connectivity index (χ1n) is 41.4. The highest BCUT2D eigenvalue weighted by molar-refractivity contribution is 7.22. The van der Waals surface area contributed by atoms with E-state index in [9.17, 15) is 38.4 Å². The molecule has 36 heteroatoms. The molecule has 10 aliphatic rings. The molecule has 6 N–H and O–H groups in total. The van der Waals surface area contributed by atoms with E-state index in [1.165, 1.54) is 22.7 Å². The van der Waals surface area contributed by atoms with Crippen LogP contribution in [-0.2, 0) is 54.2 Å². The Morgan fingerprint density at radius 3 is 1.08 bits per heavy atom. The Bertz CT molecular complexity index is 5780. The molecule has 10 amide bonds. The lowest BCUT2D eigenvalue weighted by atomic mass is 10.1. The monoisotopic (exact) mass is 1680 g/mol. The first-order valence-corrected chi connectivity index (χ1v) is 43.0. The van der Waals surface area contributed by atoms with Gasteiger partial charge in [-0.1, -0.05) is 22.7 Å². The van der Waals surface area contributed by atoms with Crippen molar-refractivity contribution < 1.29 is 57.3 Å². The van der Waals surface area contributed by atoms with Crippen LogP contribution in [0.1, 0.15) is 99.8 Å². The molecule has 0 atom stereocenters. The third kappa shape index (κ3) is 18.1. The fourth-order valence-electron chi connectivity index (χ4n) is 14.5. The number of pyridine rings is 8. The number of fused-ring (bicyclic) bond motifs is 8. The summed E-state index contributed by atoms with van der Waals surface area (Å²) in [5, 5.41) is 17.2. The first kappa shape index (κ1) is 78.5. The van der Waals surface area contributed by atoms with Gasteiger partial charge in [-0.15, -0.1) is 0 Å². The summed E-state index contributed by atoms with van der Waals surface area (Å²) in [6, 6.07) is 22.4. The summed E-state index contributed by atoms with van der Waals surface area (Å²) >= 11 is 2.66. The van der Waals surface area contributed by atoms with Crippen molar-refractivity contribution in [3.63, 3.8) is 0 Å². The molecule has 122 heavy (non-hydrogen) atoms. The van der Waals surface area contributed by atoms with Gasteiger partial charge in [0.1, 0.15) is 32.0 Å². The lowest BCUT2D eigenvalue weighted by molar-refractivity contribution is -0.118. The van der Waals surface area contributed by atoms with E-state index in [1.807, 2.05) is 113 Å². The van der Waals surface area contributed by atoms with E-state index in [-0.39, 0.29) is 60.1 Å². The van der Waals surface area contributed by atoms with Gasteiger partial charge in [-0.3, -0.25) is 59.8 Å². The number of amides is 10. The number of aromatic nitrogens is 12. The highest BCUT2D eigenvalue weighted by Crippen LogP contribution is 2.41. The van der Waals surface area contributed by atoms with E-state index in [0.717, 1.165) is 203 Å². The number of nitrogens with one attached hydrogen (secondary N) is 6. The maximum atomic E-state index is 12.5. The average molecular weight is 1680 g/mol. The number of nitrogens with zero attached hydrogens (tertiary/aromatic N) is 16. The second kappa shape index (κ2) is 33.7. The highest BCUT2D eigenvalue weighted by Gasteiger charge is 2.37. The molecule has 34 nitrogen and oxygen atoms in total. The minimum atomic E-state index is -0.328. The number of carbonyl (C=O) groups excluding carboxylic acids is 8. The maximum Gasteiger partial charge on any atom is 0.414 e. The predicted octanol–water partition coefficient (Wildman–Crippen LogP) is 14.1. The van der Waals surface area contributed by atoms with Crippen LogP contribution in [0.3, 0.4) is 0 Å². The number of thiazole rings is 2. The summed E-state index contributed by atoms with van der Waals surface area (Å²) in [5.41, 5.74) is 16.6. The van der Waals surface area contributed by atoms with Crippen LogP contribution >= 0.6 is 22.7 Å². The van der Waals surface area contributed by atoms with Gasteiger partial charge in [0.15, 0.2) is 21.9 Å². The third-order valence-electron chi connectivity index (χ3n) is 22.6. The van der Waals surface area contributed by atoms with Crippen LogP contribution in [0, 0.1) is 35.5 Å². The Morgan fingerprint density at radius 2 is 0.713 bits per heavy atom. The van der Waals surface area contributed by atoms with Crippen LogP contribution in [0.2, 0.25) is 0 Å². The van der Waals surface area contributed by atoms with Crippen molar-refractivity contribution in [2.45, 2.75) is 103 Å². The van der Waals surface area contributed by atoms with E-state index in [0.29, 0.717) is 121 Å². The Morgan fingerprint density at radius 1 is 0.369 bits per heavy atom. The summed E-state index contributed by atoms with van der Waals surface area (Å²) in [6.07, 6.45) is 29.4. The highest BCUT2D eigenvalue weighted by atomic mass is 32.1. The van der Waals surface area contributed by atoms with E-state index in [4.69, 9.17) is 23.9 Å². The van der Waals surface area contributed by atoms with Crippen LogP contribution in [-0.4, -0.2) is 174 Å². The Hall–Kier alpha value is -13.4. The van der Waals surface area contributed by atoms with Crippen LogP contribution < -0.4 is 51.5 Å². The molecule has 6 aliphatic carbocycles. The quantitative estimate of drug-likeness (QED) is 0.0435. The average Bonchev–Trinajstić information content (AvgIpc) is 1.65. The summed E-state index contributed by atoms with van der Waals surface area (Å²) in [4.78, 5) is 151. The fourth-order valence-corrected chi connectivity index (χ4v) is 16.2. The van der Waals surface area contributed by atoms with Gasteiger partial charge in [-0.25, -0.2) is 58.7 Å². The van der Waals surface area contributed by atoms with Crippen molar-refractivity contribution in [1.29, 1.82) is 0 Å². The minimum Gasteiger partial charge on any atom is -0.449 e. The molecule has 0 aromatic carbocycles. The number of ether oxygens (including phenoxy) is 4. The van der Waals surface area contributed by atoms with Crippen molar-refractivity contribution in [1.82, 2.24) is 69.3 Å². The number of hydrogen-bond donors (Lipinski definition) is 6. The van der Waals surface area contributed by atoms with Gasteiger partial charge >= 0.3 is 36.4 Å². The van der Waals surface area contributed by atoms with Gasteiger partial charge in [0, 0.05) is 148 Å². The molecule has 12 aromatic rings. The summed E-state index contributed by atoms with van der Waals surface area (Å²) in [7, 11) is 3.10. The normalized spacial score (nSPS) is 16.4. The Kier molecular flexibility index (Phi) is 21.7. The lowest BCUT2D eigenvalue weighted by Crippen LogP contribution is -2.30. The molecule has 0 unspecified atom stereocenters. The van der Waals surface area contributed by atoms with Gasteiger partial charge in [0.25, 0.3) is 0 Å². The van der Waals surface area contributed by atoms with E-state index in [2.05, 4.69) is 76.8 Å². The Balaban J connectivity index is 0.000000107. The topological polar surface area (TPSA) is 396 Å². The van der Waals surface area contributed by atoms with Gasteiger partial charge in [-0.05, 0) is 174 Å². The molecular weight excluding hydrogens is 1600 g/mol. The van der Waals surface area contributed by atoms with E-state index >= 15 is 0 Å². The third-order valence-corrected chi connectivity index (χ3v) is 24.4. The second-order valence-electron chi connectivity index (χ2n) is 32.1. The molecule has 0 saturated heterocycles. The standard InChI is InChI=1S/C23H23N5O3.C22H21N5O3S.C21H22N6O3.C20H20N6O3S/c29-22(15-3-4-15)26-20-12-27-11-16(5-6-21(27)25-20)17-9-19-18(24-10-17)7-8-28(19)23(30)31-13-14-1-2-14;28-19(13-3-4-13)26-21-25-17-6-5-15(24-20(17)31-21)14-9-18-16(23-10-14)7-8-27(18)22(29)30-11-12-1-2-12;1-22-20(28)25-18-11-26-10-14(4-5-19(26)24-18)15-8-17-16(23-9-15)6-7-27(17)21(29)30-12-13-2-3-13;1-21-18(27)25-19-24-15-5-4-13(23-17(15)30-19)12-8-16-14(22-9-12)6-7-26(16)20(28)29-10-11-2-3-11/h5-6,9-12,14-15H,1-4,7-8,13H2,(H,26,29);5-6,9-10,12-13H,1-4,7-8,11H2,(H,25,26,28);4-5,8-11,13H,2-3,6-7,12H2,1H3,(H2,22,25,28);4-5,8-9,11H,2-3,6-7,10H2,1H3,(H2,21,24,25,27). The largest absolute Gasteiger partial charge is 0.449 e. The van der Waals surface area contributed by atoms with Crippen molar-refractivity contribution in [2.24, 2.45) is 35.5 Å². The van der Waals surface area contributed by atoms with E-state index < -0.39 is 0 Å². The molecule has 0 spiro atoms. The Labute approximate surface area is 706 Å². The van der Waals surface area contributed by atoms with Gasteiger partial charge < -0.3 is 49.0 Å². The second-order valence-corrected chi connectivity index (χ2v) is 34.0. The molecular formula is C86H86N22O12S2. The number of carbonyl (C=O) groups is 8. The number of anilines is 8. The van der Waals surface area contributed by atoms with Crippen LogP contribution in [0.5, 0.6) is 0 Å². The fraction of sp³-hybridized carbons (Fsp3) is 0.372. The smallest absolute Gasteiger partial charge is 0.414 e. The molecule has 624 valence electrons. The van der Waals surface area contributed by atoms with Crippen LogP contribution in [0.15, 0.2) is 122 Å².